The highest BCUT2D eigenvalue weighted by Crippen LogP contribution is 2.27. The molecule has 0 atom stereocenters. The number of carbonyl (C=O) groups is 1. The van der Waals surface area contributed by atoms with Gasteiger partial charge in [-0.3, -0.25) is 14.9 Å². The summed E-state index contributed by atoms with van der Waals surface area (Å²) in [5.74, 6) is 0.434. The number of non-ortho nitro benzene ring substituents is 1. The highest BCUT2D eigenvalue weighted by atomic mass is 16.6. The largest absolute Gasteiger partial charge is 0.451 e. The molecule has 1 amide bonds. The number of furan rings is 1. The van der Waals surface area contributed by atoms with Crippen LogP contribution in [0.25, 0.3) is 34.0 Å². The molecule has 5 aromatic rings. The summed E-state index contributed by atoms with van der Waals surface area (Å²) >= 11 is 0. The lowest BCUT2D eigenvalue weighted by Gasteiger charge is -2.04. The lowest BCUT2D eigenvalue weighted by Crippen LogP contribution is -2.10. The fraction of sp³-hybridized carbons (Fsp3) is 0. The number of carbonyl (C=O) groups excluding carboxylic acids is 1. The number of nitro benzene ring substituents is 1. The van der Waals surface area contributed by atoms with Crippen molar-refractivity contribution in [3.63, 3.8) is 0 Å². The summed E-state index contributed by atoms with van der Waals surface area (Å²) in [5, 5.41) is 13.7. The molecule has 2 aromatic carbocycles. The second kappa shape index (κ2) is 7.80. The molecule has 9 heteroatoms. The van der Waals surface area contributed by atoms with Crippen LogP contribution in [0.2, 0.25) is 0 Å². The maximum Gasteiger partial charge on any atom is 0.291 e. The van der Waals surface area contributed by atoms with Gasteiger partial charge in [-0.15, -0.1) is 0 Å². The number of pyridine rings is 1. The Morgan fingerprint density at radius 3 is 2.56 bits per heavy atom. The van der Waals surface area contributed by atoms with Crippen LogP contribution in [0.1, 0.15) is 10.6 Å². The molecule has 0 aliphatic heterocycles. The van der Waals surface area contributed by atoms with E-state index in [4.69, 9.17) is 8.83 Å². The normalized spacial score (nSPS) is 10.9. The van der Waals surface area contributed by atoms with Gasteiger partial charge in [0, 0.05) is 35.1 Å². The summed E-state index contributed by atoms with van der Waals surface area (Å²) in [4.78, 5) is 31.5. The van der Waals surface area contributed by atoms with Gasteiger partial charge in [-0.2, -0.15) is 4.98 Å². The molecule has 0 saturated carbocycles. The van der Waals surface area contributed by atoms with Gasteiger partial charge in [0.25, 0.3) is 11.6 Å². The fourth-order valence-electron chi connectivity index (χ4n) is 3.17. The van der Waals surface area contributed by atoms with Gasteiger partial charge in [0.2, 0.25) is 5.89 Å². The molecule has 0 fully saturated rings. The molecule has 3 heterocycles. The third kappa shape index (κ3) is 3.70. The molecule has 0 spiro atoms. The zero-order valence-electron chi connectivity index (χ0n) is 16.4. The lowest BCUT2D eigenvalue weighted by molar-refractivity contribution is -0.384. The third-order valence-electron chi connectivity index (χ3n) is 4.73. The number of hydrogen-bond acceptors (Lipinski definition) is 7. The Kier molecular flexibility index (Phi) is 4.68. The average Bonchev–Trinajstić information content (AvgIpc) is 3.47. The first-order valence-corrected chi connectivity index (χ1v) is 9.55. The van der Waals surface area contributed by atoms with E-state index < -0.39 is 10.8 Å². The molecule has 156 valence electrons. The number of amides is 1. The first-order chi connectivity index (χ1) is 15.6. The maximum absolute atomic E-state index is 12.6. The Morgan fingerprint density at radius 2 is 1.78 bits per heavy atom. The summed E-state index contributed by atoms with van der Waals surface area (Å²) in [6.45, 7) is 0. The molecular weight excluding hydrogens is 412 g/mol. The van der Waals surface area contributed by atoms with Gasteiger partial charge in [-0.05, 0) is 48.5 Å². The van der Waals surface area contributed by atoms with Crippen molar-refractivity contribution in [3.8, 4) is 22.8 Å². The molecule has 0 aliphatic rings. The monoisotopic (exact) mass is 426 g/mol. The van der Waals surface area contributed by atoms with Gasteiger partial charge in [0.05, 0.1) is 4.92 Å². The van der Waals surface area contributed by atoms with Crippen molar-refractivity contribution in [1.82, 2.24) is 9.97 Å². The number of rotatable bonds is 5. The summed E-state index contributed by atoms with van der Waals surface area (Å²) < 4.78 is 11.3. The Balaban J connectivity index is 1.31. The van der Waals surface area contributed by atoms with Crippen molar-refractivity contribution in [1.29, 1.82) is 0 Å². The van der Waals surface area contributed by atoms with Crippen LogP contribution in [-0.4, -0.2) is 20.8 Å². The van der Waals surface area contributed by atoms with E-state index in [1.54, 1.807) is 60.8 Å². The lowest BCUT2D eigenvalue weighted by atomic mass is 10.1. The number of nitrogens with one attached hydrogen (secondary N) is 1. The molecule has 0 bridgehead atoms. The van der Waals surface area contributed by atoms with Crippen molar-refractivity contribution in [2.75, 3.05) is 5.32 Å². The van der Waals surface area contributed by atoms with E-state index in [0.29, 0.717) is 34.1 Å². The van der Waals surface area contributed by atoms with E-state index in [0.717, 1.165) is 5.56 Å². The Morgan fingerprint density at radius 1 is 0.938 bits per heavy atom. The van der Waals surface area contributed by atoms with Crippen molar-refractivity contribution >= 4 is 28.5 Å². The van der Waals surface area contributed by atoms with Gasteiger partial charge >= 0.3 is 0 Å². The Labute approximate surface area is 180 Å². The molecule has 0 aliphatic carbocycles. The number of anilines is 1. The van der Waals surface area contributed by atoms with Crippen LogP contribution in [0.3, 0.4) is 0 Å². The predicted octanol–water partition coefficient (Wildman–Crippen LogP) is 5.31. The molecule has 1 N–H and O–H groups in total. The summed E-state index contributed by atoms with van der Waals surface area (Å²) in [5.41, 5.74) is 2.87. The smallest absolute Gasteiger partial charge is 0.291 e. The van der Waals surface area contributed by atoms with Crippen molar-refractivity contribution in [2.24, 2.45) is 0 Å². The number of nitro groups is 1. The molecule has 0 radical (unpaired) electrons. The predicted molar refractivity (Wildman–Crippen MR) is 116 cm³/mol. The van der Waals surface area contributed by atoms with Crippen LogP contribution < -0.4 is 5.32 Å². The van der Waals surface area contributed by atoms with E-state index in [2.05, 4.69) is 15.3 Å². The van der Waals surface area contributed by atoms with E-state index >= 15 is 0 Å². The molecule has 9 nitrogen and oxygen atoms in total. The summed E-state index contributed by atoms with van der Waals surface area (Å²) in [6.07, 6.45) is 1.65. The highest BCUT2D eigenvalue weighted by molar-refractivity contribution is 6.02. The SMILES string of the molecule is O=C(Nc1ccc(-c2nc3ncccc3o2)cc1)c1ccc(-c2cccc([N+](=O)[O-])c2)o1. The number of benzene rings is 2. The van der Waals surface area contributed by atoms with Gasteiger partial charge in [-0.1, -0.05) is 12.1 Å². The van der Waals surface area contributed by atoms with E-state index in [-0.39, 0.29) is 11.4 Å². The first-order valence-electron chi connectivity index (χ1n) is 9.55. The number of fused-ring (bicyclic) bond motifs is 1. The quantitative estimate of drug-likeness (QED) is 0.298. The molecule has 0 saturated heterocycles. The number of hydrogen-bond donors (Lipinski definition) is 1. The summed E-state index contributed by atoms with van der Waals surface area (Å²) in [6, 6.07) is 19.7. The minimum absolute atomic E-state index is 0.0558. The van der Waals surface area contributed by atoms with Crippen LogP contribution in [0.4, 0.5) is 11.4 Å². The van der Waals surface area contributed by atoms with Crippen LogP contribution in [0.15, 0.2) is 87.8 Å². The Bertz CT molecular complexity index is 1420. The minimum atomic E-state index is -0.485. The number of aromatic nitrogens is 2. The zero-order valence-corrected chi connectivity index (χ0v) is 16.4. The number of oxazole rings is 1. The van der Waals surface area contributed by atoms with Crippen molar-refractivity contribution in [2.45, 2.75) is 0 Å². The van der Waals surface area contributed by atoms with Gasteiger partial charge in [-0.25, -0.2) is 4.98 Å². The summed E-state index contributed by atoms with van der Waals surface area (Å²) in [7, 11) is 0. The second-order valence-corrected chi connectivity index (χ2v) is 6.85. The second-order valence-electron chi connectivity index (χ2n) is 6.85. The first kappa shape index (κ1) is 19.2. The van der Waals surface area contributed by atoms with E-state index in [1.165, 1.54) is 18.2 Å². The van der Waals surface area contributed by atoms with Crippen LogP contribution in [-0.2, 0) is 0 Å². The van der Waals surface area contributed by atoms with Gasteiger partial charge in [0.1, 0.15) is 5.76 Å². The topological polar surface area (TPSA) is 124 Å². The van der Waals surface area contributed by atoms with E-state index in [9.17, 15) is 14.9 Å². The molecule has 32 heavy (non-hydrogen) atoms. The van der Waals surface area contributed by atoms with Crippen molar-refractivity contribution < 1.29 is 18.6 Å². The third-order valence-corrected chi connectivity index (χ3v) is 4.73. The van der Waals surface area contributed by atoms with Crippen LogP contribution in [0, 0.1) is 10.1 Å². The van der Waals surface area contributed by atoms with Gasteiger partial charge < -0.3 is 14.2 Å². The van der Waals surface area contributed by atoms with Crippen LogP contribution in [0.5, 0.6) is 0 Å². The van der Waals surface area contributed by atoms with Crippen molar-refractivity contribution in [3.05, 3.63) is 94.9 Å². The molecule has 0 unspecified atom stereocenters. The minimum Gasteiger partial charge on any atom is -0.451 e. The number of nitrogens with zero attached hydrogens (tertiary/aromatic N) is 3. The standard InChI is InChI=1S/C23H14N4O5/c28-22(20-11-10-18(31-20)15-3-1-4-17(13-15)27(29)30)25-16-8-6-14(7-9-16)23-26-21-19(32-23)5-2-12-24-21/h1-13H,(H,25,28). The van der Waals surface area contributed by atoms with Crippen LogP contribution >= 0.6 is 0 Å². The average molecular weight is 426 g/mol. The fourth-order valence-corrected chi connectivity index (χ4v) is 3.17. The van der Waals surface area contributed by atoms with Gasteiger partial charge in [0.15, 0.2) is 17.0 Å². The zero-order chi connectivity index (χ0) is 22.1. The van der Waals surface area contributed by atoms with E-state index in [1.807, 2.05) is 0 Å². The highest BCUT2D eigenvalue weighted by Gasteiger charge is 2.15. The molecular formula is C23H14N4O5. The molecule has 3 aromatic heterocycles. The molecule has 5 rings (SSSR count). The Hall–Kier alpha value is -4.79. The maximum atomic E-state index is 12.6.